The molecule has 2 N–H and O–H groups in total. The standard InChI is InChI=1S/C12H10N4O4S/c1-7(17)14-9-4-2-8(3-5-9)11(18)15-12-13-6-10(21-12)16(19)20/h2-6H,1H3,(H,14,17)(H,13,15,18). The van der Waals surface area contributed by atoms with Crippen molar-refractivity contribution in [2.75, 3.05) is 10.6 Å². The van der Waals surface area contributed by atoms with Gasteiger partial charge in [-0.3, -0.25) is 25.0 Å². The van der Waals surface area contributed by atoms with Gasteiger partial charge in [0.05, 0.1) is 4.92 Å². The lowest BCUT2D eigenvalue weighted by Crippen LogP contribution is -2.12. The lowest BCUT2D eigenvalue weighted by atomic mass is 10.2. The molecule has 9 heteroatoms. The average Bonchev–Trinajstić information content (AvgIpc) is 2.87. The number of nitrogens with one attached hydrogen (secondary N) is 2. The highest BCUT2D eigenvalue weighted by Crippen LogP contribution is 2.25. The Morgan fingerprint density at radius 3 is 2.43 bits per heavy atom. The molecule has 0 saturated heterocycles. The summed E-state index contributed by atoms with van der Waals surface area (Å²) in [4.78, 5) is 36.5. The summed E-state index contributed by atoms with van der Waals surface area (Å²) in [5.41, 5.74) is 0.922. The van der Waals surface area contributed by atoms with Crippen LogP contribution in [0, 0.1) is 10.1 Å². The van der Waals surface area contributed by atoms with Gasteiger partial charge >= 0.3 is 5.00 Å². The molecule has 0 aliphatic carbocycles. The van der Waals surface area contributed by atoms with E-state index in [1.54, 1.807) is 12.1 Å². The number of hydrogen-bond donors (Lipinski definition) is 2. The number of rotatable bonds is 4. The topological polar surface area (TPSA) is 114 Å². The lowest BCUT2D eigenvalue weighted by molar-refractivity contribution is -0.380. The maximum absolute atomic E-state index is 11.9. The van der Waals surface area contributed by atoms with Crippen molar-refractivity contribution < 1.29 is 14.5 Å². The second-order valence-electron chi connectivity index (χ2n) is 3.97. The Labute approximate surface area is 123 Å². The van der Waals surface area contributed by atoms with Crippen LogP contribution in [0.2, 0.25) is 0 Å². The number of carbonyl (C=O) groups excluding carboxylic acids is 2. The van der Waals surface area contributed by atoms with Crippen molar-refractivity contribution >= 4 is 39.0 Å². The van der Waals surface area contributed by atoms with Gasteiger partial charge in [0.2, 0.25) is 5.91 Å². The fourth-order valence-corrected chi connectivity index (χ4v) is 2.11. The molecular formula is C12H10N4O4S. The number of nitrogens with zero attached hydrogens (tertiary/aromatic N) is 2. The molecule has 0 bridgehead atoms. The largest absolute Gasteiger partial charge is 0.345 e. The van der Waals surface area contributed by atoms with Crippen LogP contribution in [0.4, 0.5) is 15.8 Å². The molecule has 1 heterocycles. The van der Waals surface area contributed by atoms with E-state index in [9.17, 15) is 19.7 Å². The summed E-state index contributed by atoms with van der Waals surface area (Å²) in [6.07, 6.45) is 1.08. The Bertz CT molecular complexity index is 696. The second-order valence-corrected chi connectivity index (χ2v) is 4.98. The highest BCUT2D eigenvalue weighted by molar-refractivity contribution is 7.18. The summed E-state index contributed by atoms with van der Waals surface area (Å²) in [5.74, 6) is -0.643. The molecule has 0 aliphatic heterocycles. The van der Waals surface area contributed by atoms with E-state index in [0.29, 0.717) is 11.3 Å². The van der Waals surface area contributed by atoms with Gasteiger partial charge in [-0.25, -0.2) is 4.98 Å². The minimum absolute atomic E-state index is 0.147. The summed E-state index contributed by atoms with van der Waals surface area (Å²) in [6, 6.07) is 6.23. The first kappa shape index (κ1) is 14.6. The van der Waals surface area contributed by atoms with Gasteiger partial charge in [0.15, 0.2) is 5.13 Å². The SMILES string of the molecule is CC(=O)Nc1ccc(C(=O)Nc2ncc([N+](=O)[O-])s2)cc1. The van der Waals surface area contributed by atoms with Crippen LogP contribution in [-0.4, -0.2) is 21.7 Å². The smallest absolute Gasteiger partial charge is 0.326 e. The number of benzene rings is 1. The predicted molar refractivity (Wildman–Crippen MR) is 77.5 cm³/mol. The maximum Gasteiger partial charge on any atom is 0.345 e. The second kappa shape index (κ2) is 6.09. The van der Waals surface area contributed by atoms with E-state index in [2.05, 4.69) is 15.6 Å². The zero-order valence-electron chi connectivity index (χ0n) is 10.8. The number of hydrogen-bond acceptors (Lipinski definition) is 6. The van der Waals surface area contributed by atoms with Gasteiger partial charge in [0.25, 0.3) is 5.91 Å². The molecule has 8 nitrogen and oxygen atoms in total. The van der Waals surface area contributed by atoms with Crippen molar-refractivity contribution in [1.82, 2.24) is 4.98 Å². The number of anilines is 2. The molecule has 0 saturated carbocycles. The first-order valence-electron chi connectivity index (χ1n) is 5.75. The molecule has 2 aromatic rings. The number of aromatic nitrogens is 1. The third-order valence-corrected chi connectivity index (χ3v) is 3.23. The molecular weight excluding hydrogens is 296 g/mol. The molecule has 1 aromatic carbocycles. The fourth-order valence-electron chi connectivity index (χ4n) is 1.49. The van der Waals surface area contributed by atoms with Gasteiger partial charge in [-0.05, 0) is 35.6 Å². The summed E-state index contributed by atoms with van der Waals surface area (Å²) >= 11 is 0.776. The number of thiazole rings is 1. The summed E-state index contributed by atoms with van der Waals surface area (Å²) < 4.78 is 0. The molecule has 0 radical (unpaired) electrons. The summed E-state index contributed by atoms with van der Waals surface area (Å²) in [6.45, 7) is 1.38. The zero-order valence-corrected chi connectivity index (χ0v) is 11.6. The van der Waals surface area contributed by atoms with Crippen molar-refractivity contribution in [3.8, 4) is 0 Å². The molecule has 0 unspecified atom stereocenters. The normalized spacial score (nSPS) is 9.95. The van der Waals surface area contributed by atoms with E-state index in [0.717, 1.165) is 17.5 Å². The van der Waals surface area contributed by atoms with Crippen LogP contribution in [0.1, 0.15) is 17.3 Å². The van der Waals surface area contributed by atoms with Gasteiger partial charge in [-0.15, -0.1) is 0 Å². The van der Waals surface area contributed by atoms with Crippen molar-refractivity contribution in [1.29, 1.82) is 0 Å². The van der Waals surface area contributed by atoms with Crippen LogP contribution in [0.3, 0.4) is 0 Å². The molecule has 0 fully saturated rings. The molecule has 2 rings (SSSR count). The van der Waals surface area contributed by atoms with Gasteiger partial charge in [-0.2, -0.15) is 0 Å². The van der Waals surface area contributed by atoms with Gasteiger partial charge in [-0.1, -0.05) is 0 Å². The highest BCUT2D eigenvalue weighted by atomic mass is 32.1. The number of nitro groups is 1. The van der Waals surface area contributed by atoms with Crippen LogP contribution >= 0.6 is 11.3 Å². The van der Waals surface area contributed by atoms with Gasteiger partial charge < -0.3 is 5.32 Å². The van der Waals surface area contributed by atoms with Crippen molar-refractivity contribution in [3.05, 3.63) is 46.1 Å². The van der Waals surface area contributed by atoms with E-state index in [1.165, 1.54) is 19.1 Å². The van der Waals surface area contributed by atoms with Gasteiger partial charge in [0, 0.05) is 18.2 Å². The summed E-state index contributed by atoms with van der Waals surface area (Å²) in [5, 5.41) is 15.6. The Morgan fingerprint density at radius 1 is 1.24 bits per heavy atom. The Hall–Kier alpha value is -2.81. The van der Waals surface area contributed by atoms with E-state index in [-0.39, 0.29) is 16.0 Å². The molecule has 21 heavy (non-hydrogen) atoms. The third-order valence-electron chi connectivity index (χ3n) is 2.36. The Kier molecular flexibility index (Phi) is 4.24. The Morgan fingerprint density at radius 2 is 1.90 bits per heavy atom. The number of carbonyl (C=O) groups is 2. The van der Waals surface area contributed by atoms with Crippen LogP contribution in [0.25, 0.3) is 0 Å². The molecule has 108 valence electrons. The van der Waals surface area contributed by atoms with Crippen molar-refractivity contribution in [2.24, 2.45) is 0 Å². The van der Waals surface area contributed by atoms with Crippen LogP contribution in [-0.2, 0) is 4.79 Å². The third kappa shape index (κ3) is 3.83. The Balaban J connectivity index is 2.05. The first-order valence-corrected chi connectivity index (χ1v) is 6.56. The van der Waals surface area contributed by atoms with Crippen molar-refractivity contribution in [3.63, 3.8) is 0 Å². The molecule has 0 spiro atoms. The fraction of sp³-hybridized carbons (Fsp3) is 0.0833. The molecule has 0 atom stereocenters. The minimum atomic E-state index is -0.574. The van der Waals surface area contributed by atoms with Crippen LogP contribution < -0.4 is 10.6 Å². The molecule has 2 amide bonds. The van der Waals surface area contributed by atoms with Crippen LogP contribution in [0.15, 0.2) is 30.5 Å². The minimum Gasteiger partial charge on any atom is -0.326 e. The molecule has 1 aromatic heterocycles. The average molecular weight is 306 g/mol. The monoisotopic (exact) mass is 306 g/mol. The van der Waals surface area contributed by atoms with Crippen LogP contribution in [0.5, 0.6) is 0 Å². The first-order chi connectivity index (χ1) is 9.95. The maximum atomic E-state index is 11.9. The van der Waals surface area contributed by atoms with E-state index in [4.69, 9.17) is 0 Å². The van der Waals surface area contributed by atoms with Gasteiger partial charge in [0.1, 0.15) is 6.20 Å². The highest BCUT2D eigenvalue weighted by Gasteiger charge is 2.14. The quantitative estimate of drug-likeness (QED) is 0.664. The predicted octanol–water partition coefficient (Wildman–Crippen LogP) is 2.26. The molecule has 0 aliphatic rings. The number of amides is 2. The lowest BCUT2D eigenvalue weighted by Gasteiger charge is -2.04. The summed E-state index contributed by atoms with van der Waals surface area (Å²) in [7, 11) is 0. The zero-order chi connectivity index (χ0) is 15.4. The van der Waals surface area contributed by atoms with E-state index >= 15 is 0 Å². The van der Waals surface area contributed by atoms with E-state index in [1.807, 2.05) is 0 Å². The van der Waals surface area contributed by atoms with E-state index < -0.39 is 10.8 Å². The van der Waals surface area contributed by atoms with Crippen molar-refractivity contribution in [2.45, 2.75) is 6.92 Å².